The van der Waals surface area contributed by atoms with Crippen LogP contribution in [-0.4, -0.2) is 42.5 Å². The third-order valence-electron chi connectivity index (χ3n) is 4.02. The van der Waals surface area contributed by atoms with Crippen molar-refractivity contribution in [3.63, 3.8) is 0 Å². The van der Waals surface area contributed by atoms with Crippen molar-refractivity contribution in [2.75, 3.05) is 30.0 Å². The molecule has 2 heterocycles. The van der Waals surface area contributed by atoms with Crippen LogP contribution in [0.25, 0.3) is 0 Å². The minimum absolute atomic E-state index is 0.0468. The van der Waals surface area contributed by atoms with E-state index in [0.717, 1.165) is 5.69 Å². The van der Waals surface area contributed by atoms with E-state index in [2.05, 4.69) is 10.3 Å². The molecule has 0 atom stereocenters. The number of benzene rings is 1. The molecule has 0 aliphatic carbocycles. The van der Waals surface area contributed by atoms with E-state index in [1.54, 1.807) is 17.2 Å². The molecule has 28 heavy (non-hydrogen) atoms. The van der Waals surface area contributed by atoms with Gasteiger partial charge in [0.15, 0.2) is 5.13 Å². The summed E-state index contributed by atoms with van der Waals surface area (Å²) in [5, 5.41) is 4.76. The Balaban J connectivity index is 1.49. The smallest absolute Gasteiger partial charge is 0.311 e. The molecule has 2 amide bonds. The molecule has 1 aromatic heterocycles. The van der Waals surface area contributed by atoms with Crippen LogP contribution in [0.5, 0.6) is 5.75 Å². The molecule has 1 aromatic carbocycles. The van der Waals surface area contributed by atoms with Gasteiger partial charge in [-0.05, 0) is 19.1 Å². The molecule has 0 fully saturated rings. The Bertz CT molecular complexity index is 867. The van der Waals surface area contributed by atoms with Crippen LogP contribution >= 0.6 is 11.3 Å². The van der Waals surface area contributed by atoms with E-state index in [0.29, 0.717) is 36.3 Å². The Morgan fingerprint density at radius 2 is 2.11 bits per heavy atom. The second-order valence-corrected chi connectivity index (χ2v) is 6.89. The van der Waals surface area contributed by atoms with Crippen LogP contribution in [0.1, 0.15) is 25.5 Å². The standard InChI is InChI=1S/C19H21N3O5S/c1-2-26-18(25)11-13-12-28-19(20-13)21-16(23)7-8-17(24)22-9-10-27-15-6-4-3-5-14(15)22/h3-6,12H,2,7-11H2,1H3,(H,20,21,23). The van der Waals surface area contributed by atoms with Crippen molar-refractivity contribution in [2.45, 2.75) is 26.2 Å². The molecule has 148 valence electrons. The highest BCUT2D eigenvalue weighted by Gasteiger charge is 2.23. The van der Waals surface area contributed by atoms with Gasteiger partial charge in [-0.3, -0.25) is 14.4 Å². The zero-order chi connectivity index (χ0) is 19.9. The summed E-state index contributed by atoms with van der Waals surface area (Å²) in [6, 6.07) is 7.34. The number of thiazole rings is 1. The van der Waals surface area contributed by atoms with Crippen LogP contribution in [-0.2, 0) is 25.5 Å². The molecule has 0 saturated heterocycles. The molecule has 2 aromatic rings. The lowest BCUT2D eigenvalue weighted by Gasteiger charge is -2.29. The molecule has 8 nitrogen and oxygen atoms in total. The molecule has 0 spiro atoms. The summed E-state index contributed by atoms with van der Waals surface area (Å²) in [7, 11) is 0. The number of ether oxygens (including phenoxy) is 2. The number of amides is 2. The number of hydrogen-bond donors (Lipinski definition) is 1. The van der Waals surface area contributed by atoms with Crippen molar-refractivity contribution < 1.29 is 23.9 Å². The number of esters is 1. The predicted octanol–water partition coefficient (Wildman–Crippen LogP) is 2.39. The summed E-state index contributed by atoms with van der Waals surface area (Å²) in [6.45, 7) is 2.94. The SMILES string of the molecule is CCOC(=O)Cc1csc(NC(=O)CCC(=O)N2CCOc3ccccc32)n1. The monoisotopic (exact) mass is 403 g/mol. The van der Waals surface area contributed by atoms with E-state index in [4.69, 9.17) is 9.47 Å². The van der Waals surface area contributed by atoms with E-state index in [1.165, 1.54) is 11.3 Å². The lowest BCUT2D eigenvalue weighted by atomic mass is 10.2. The highest BCUT2D eigenvalue weighted by atomic mass is 32.1. The van der Waals surface area contributed by atoms with Crippen LogP contribution in [0.3, 0.4) is 0 Å². The number of aromatic nitrogens is 1. The van der Waals surface area contributed by atoms with Gasteiger partial charge in [0.05, 0.1) is 31.0 Å². The first kappa shape index (κ1) is 19.8. The summed E-state index contributed by atoms with van der Waals surface area (Å²) < 4.78 is 10.4. The lowest BCUT2D eigenvalue weighted by molar-refractivity contribution is -0.142. The zero-order valence-electron chi connectivity index (χ0n) is 15.5. The van der Waals surface area contributed by atoms with Crippen molar-refractivity contribution in [1.29, 1.82) is 0 Å². The fourth-order valence-corrected chi connectivity index (χ4v) is 3.50. The molecule has 1 aliphatic heterocycles. The molecule has 0 bridgehead atoms. The van der Waals surface area contributed by atoms with E-state index in [1.807, 2.05) is 24.3 Å². The van der Waals surface area contributed by atoms with Crippen LogP contribution in [0.2, 0.25) is 0 Å². The van der Waals surface area contributed by atoms with Gasteiger partial charge in [0.1, 0.15) is 12.4 Å². The molecule has 0 unspecified atom stereocenters. The second kappa shape index (κ2) is 9.32. The quantitative estimate of drug-likeness (QED) is 0.713. The fraction of sp³-hybridized carbons (Fsp3) is 0.368. The average molecular weight is 403 g/mol. The fourth-order valence-electron chi connectivity index (χ4n) is 2.77. The number of nitrogens with one attached hydrogen (secondary N) is 1. The Morgan fingerprint density at radius 3 is 2.93 bits per heavy atom. The van der Waals surface area contributed by atoms with Gasteiger partial charge in [0.25, 0.3) is 0 Å². The maximum absolute atomic E-state index is 12.5. The first-order valence-electron chi connectivity index (χ1n) is 8.99. The van der Waals surface area contributed by atoms with Crippen molar-refractivity contribution >= 4 is 39.9 Å². The molecule has 0 saturated carbocycles. The maximum atomic E-state index is 12.5. The van der Waals surface area contributed by atoms with Gasteiger partial charge in [-0.25, -0.2) is 4.98 Å². The van der Waals surface area contributed by atoms with Gasteiger partial charge >= 0.3 is 5.97 Å². The van der Waals surface area contributed by atoms with E-state index in [9.17, 15) is 14.4 Å². The lowest BCUT2D eigenvalue weighted by Crippen LogP contribution is -2.38. The van der Waals surface area contributed by atoms with E-state index in [-0.39, 0.29) is 37.0 Å². The van der Waals surface area contributed by atoms with Crippen molar-refractivity contribution in [3.8, 4) is 5.75 Å². The normalized spacial score (nSPS) is 12.7. The molecule has 0 radical (unpaired) electrons. The largest absolute Gasteiger partial charge is 0.490 e. The number of nitrogens with zero attached hydrogens (tertiary/aromatic N) is 2. The van der Waals surface area contributed by atoms with Crippen molar-refractivity contribution in [3.05, 3.63) is 35.3 Å². The number of carbonyl (C=O) groups excluding carboxylic acids is 3. The Kier molecular flexibility index (Phi) is 6.59. The van der Waals surface area contributed by atoms with Gasteiger partial charge in [0, 0.05) is 18.2 Å². The van der Waals surface area contributed by atoms with Gasteiger partial charge in [0.2, 0.25) is 11.8 Å². The van der Waals surface area contributed by atoms with E-state index >= 15 is 0 Å². The number of anilines is 2. The summed E-state index contributed by atoms with van der Waals surface area (Å²) in [4.78, 5) is 42.0. The Morgan fingerprint density at radius 1 is 1.29 bits per heavy atom. The highest BCUT2D eigenvalue weighted by molar-refractivity contribution is 7.13. The molecule has 1 aliphatic rings. The first-order chi connectivity index (χ1) is 13.6. The summed E-state index contributed by atoms with van der Waals surface area (Å²) in [6.07, 6.45) is 0.196. The highest BCUT2D eigenvalue weighted by Crippen LogP contribution is 2.31. The number of hydrogen-bond acceptors (Lipinski definition) is 7. The van der Waals surface area contributed by atoms with Gasteiger partial charge in [-0.15, -0.1) is 11.3 Å². The topological polar surface area (TPSA) is 97.8 Å². The summed E-state index contributed by atoms with van der Waals surface area (Å²) in [5.74, 6) is -0.120. The van der Waals surface area contributed by atoms with Gasteiger partial charge in [-0.1, -0.05) is 12.1 Å². The molecular formula is C19H21N3O5S. The molecule has 1 N–H and O–H groups in total. The Hall–Kier alpha value is -2.94. The van der Waals surface area contributed by atoms with Crippen LogP contribution < -0.4 is 15.0 Å². The number of para-hydroxylation sites is 2. The van der Waals surface area contributed by atoms with Crippen molar-refractivity contribution in [1.82, 2.24) is 4.98 Å². The number of carbonyl (C=O) groups is 3. The first-order valence-corrected chi connectivity index (χ1v) is 9.87. The summed E-state index contributed by atoms with van der Waals surface area (Å²) in [5.41, 5.74) is 1.27. The minimum atomic E-state index is -0.359. The van der Waals surface area contributed by atoms with Crippen LogP contribution in [0, 0.1) is 0 Å². The number of fused-ring (bicyclic) bond motifs is 1. The zero-order valence-corrected chi connectivity index (χ0v) is 16.3. The van der Waals surface area contributed by atoms with Crippen LogP contribution in [0.15, 0.2) is 29.6 Å². The summed E-state index contributed by atoms with van der Waals surface area (Å²) >= 11 is 1.23. The minimum Gasteiger partial charge on any atom is -0.490 e. The third kappa shape index (κ3) is 5.07. The average Bonchev–Trinajstić information content (AvgIpc) is 3.12. The molecule has 9 heteroatoms. The molecule has 3 rings (SSSR count). The van der Waals surface area contributed by atoms with E-state index < -0.39 is 0 Å². The Labute approximate surface area is 166 Å². The third-order valence-corrected chi connectivity index (χ3v) is 4.83. The number of rotatable bonds is 7. The van der Waals surface area contributed by atoms with Gasteiger partial charge in [-0.2, -0.15) is 0 Å². The van der Waals surface area contributed by atoms with Crippen molar-refractivity contribution in [2.24, 2.45) is 0 Å². The maximum Gasteiger partial charge on any atom is 0.311 e. The predicted molar refractivity (Wildman–Crippen MR) is 105 cm³/mol. The molecular weight excluding hydrogens is 382 g/mol. The van der Waals surface area contributed by atoms with Crippen LogP contribution in [0.4, 0.5) is 10.8 Å². The second-order valence-electron chi connectivity index (χ2n) is 6.04. The van der Waals surface area contributed by atoms with Gasteiger partial charge < -0.3 is 19.7 Å².